The Morgan fingerprint density at radius 1 is 0.968 bits per heavy atom. The van der Waals surface area contributed by atoms with Gasteiger partial charge < -0.3 is 10.6 Å². The Kier molecular flexibility index (Phi) is 8.39. The zero-order valence-electron chi connectivity index (χ0n) is 18.9. The summed E-state index contributed by atoms with van der Waals surface area (Å²) in [6.07, 6.45) is 1.11. The third-order valence-electron chi connectivity index (χ3n) is 5.31. The molecule has 0 spiro atoms. The minimum atomic E-state index is -3.67. The Morgan fingerprint density at radius 3 is 2.10 bits per heavy atom. The molecule has 2 aromatic rings. The largest absolute Gasteiger partial charge is 0.326 e. The molecule has 0 saturated carbocycles. The van der Waals surface area contributed by atoms with Gasteiger partial charge >= 0.3 is 0 Å². The molecule has 0 bridgehead atoms. The number of hydrogen-bond donors (Lipinski definition) is 2. The van der Waals surface area contributed by atoms with Crippen molar-refractivity contribution in [2.24, 2.45) is 0 Å². The summed E-state index contributed by atoms with van der Waals surface area (Å²) in [5.74, 6) is -1.03. The Labute approximate surface area is 185 Å². The minimum Gasteiger partial charge on any atom is -0.326 e. The lowest BCUT2D eigenvalue weighted by Crippen LogP contribution is -2.34. The lowest BCUT2D eigenvalue weighted by Gasteiger charge is -2.14. The van der Waals surface area contributed by atoms with Crippen molar-refractivity contribution in [2.45, 2.75) is 59.1 Å². The Morgan fingerprint density at radius 2 is 1.55 bits per heavy atom. The molecule has 7 heteroatoms. The molecule has 0 radical (unpaired) electrons. The third-order valence-corrected chi connectivity index (χ3v) is 7.46. The lowest BCUT2D eigenvalue weighted by atomic mass is 10.0. The van der Waals surface area contributed by atoms with Gasteiger partial charge in [-0.15, -0.1) is 0 Å². The number of hydrogen-bond acceptors (Lipinski definition) is 4. The van der Waals surface area contributed by atoms with E-state index in [-0.39, 0.29) is 24.5 Å². The van der Waals surface area contributed by atoms with E-state index in [4.69, 9.17) is 0 Å². The van der Waals surface area contributed by atoms with Crippen molar-refractivity contribution in [3.8, 4) is 0 Å². The van der Waals surface area contributed by atoms with Crippen LogP contribution >= 0.6 is 0 Å². The summed E-state index contributed by atoms with van der Waals surface area (Å²) in [5.41, 5.74) is 5.51. The molecule has 0 heterocycles. The fraction of sp³-hybridized carbons (Fsp3) is 0.417. The van der Waals surface area contributed by atoms with Gasteiger partial charge in [0.05, 0.1) is 5.75 Å². The van der Waals surface area contributed by atoms with E-state index in [0.29, 0.717) is 5.69 Å². The van der Waals surface area contributed by atoms with Gasteiger partial charge in [-0.3, -0.25) is 9.59 Å². The highest BCUT2D eigenvalue weighted by Gasteiger charge is 2.28. The van der Waals surface area contributed by atoms with Crippen LogP contribution < -0.4 is 10.6 Å². The monoisotopic (exact) mass is 444 g/mol. The van der Waals surface area contributed by atoms with Gasteiger partial charge in [0.1, 0.15) is 5.25 Å². The van der Waals surface area contributed by atoms with E-state index < -0.39 is 21.0 Å². The first-order valence-electron chi connectivity index (χ1n) is 10.5. The van der Waals surface area contributed by atoms with E-state index in [1.165, 1.54) is 6.92 Å². The van der Waals surface area contributed by atoms with Gasteiger partial charge in [-0.1, -0.05) is 36.8 Å². The van der Waals surface area contributed by atoms with E-state index in [0.717, 1.165) is 34.4 Å². The summed E-state index contributed by atoms with van der Waals surface area (Å²) in [5, 5.41) is 4.33. The molecule has 2 amide bonds. The maximum atomic E-state index is 12.6. The molecule has 0 fully saturated rings. The normalized spacial score (nSPS) is 12.3. The summed E-state index contributed by atoms with van der Waals surface area (Å²) in [4.78, 5) is 24.7. The van der Waals surface area contributed by atoms with E-state index in [9.17, 15) is 18.0 Å². The van der Waals surface area contributed by atoms with Crippen molar-refractivity contribution in [3.63, 3.8) is 0 Å². The number of rotatable bonds is 9. The number of carbonyl (C=O) groups is 2. The van der Waals surface area contributed by atoms with Gasteiger partial charge in [-0.2, -0.15) is 0 Å². The molecule has 31 heavy (non-hydrogen) atoms. The molecule has 1 atom stereocenters. The summed E-state index contributed by atoms with van der Waals surface area (Å²) in [6.45, 7) is 9.26. The maximum absolute atomic E-state index is 12.6. The average Bonchev–Trinajstić information content (AvgIpc) is 2.70. The molecule has 0 saturated heterocycles. The molecular weight excluding hydrogens is 412 g/mol. The second-order valence-electron chi connectivity index (χ2n) is 7.97. The van der Waals surface area contributed by atoms with Gasteiger partial charge in [-0.05, 0) is 69.4 Å². The van der Waals surface area contributed by atoms with Crippen molar-refractivity contribution in [3.05, 3.63) is 58.7 Å². The lowest BCUT2D eigenvalue weighted by molar-refractivity contribution is -0.116. The van der Waals surface area contributed by atoms with Gasteiger partial charge in [0.25, 0.3) is 0 Å². The van der Waals surface area contributed by atoms with Crippen LogP contribution in [0.1, 0.15) is 48.9 Å². The van der Waals surface area contributed by atoms with E-state index >= 15 is 0 Å². The van der Waals surface area contributed by atoms with Crippen molar-refractivity contribution in [2.75, 3.05) is 16.4 Å². The van der Waals surface area contributed by atoms with Crippen LogP contribution in [0.4, 0.5) is 11.4 Å². The van der Waals surface area contributed by atoms with Crippen LogP contribution in [-0.2, 0) is 25.8 Å². The quantitative estimate of drug-likeness (QED) is 0.602. The smallest absolute Gasteiger partial charge is 0.242 e. The molecule has 2 rings (SSSR count). The van der Waals surface area contributed by atoms with Gasteiger partial charge in [0, 0.05) is 17.8 Å². The summed E-state index contributed by atoms with van der Waals surface area (Å²) >= 11 is 0. The minimum absolute atomic E-state index is 0.0683. The number of sulfone groups is 1. The fourth-order valence-corrected chi connectivity index (χ4v) is 4.71. The highest BCUT2D eigenvalue weighted by molar-refractivity contribution is 7.92. The number of anilines is 2. The maximum Gasteiger partial charge on any atom is 0.242 e. The molecule has 2 aromatic carbocycles. The first kappa shape index (κ1) is 24.6. The summed E-state index contributed by atoms with van der Waals surface area (Å²) in [6, 6.07) is 11.3. The van der Waals surface area contributed by atoms with Crippen LogP contribution in [0.2, 0.25) is 0 Å². The van der Waals surface area contributed by atoms with Gasteiger partial charge in [0.2, 0.25) is 11.8 Å². The molecular formula is C24H32N2O4S. The van der Waals surface area contributed by atoms with Crippen LogP contribution in [0.15, 0.2) is 36.4 Å². The van der Waals surface area contributed by atoms with Crippen molar-refractivity contribution in [1.29, 1.82) is 0 Å². The number of nitrogens with one attached hydrogen (secondary N) is 2. The third kappa shape index (κ3) is 6.92. The topological polar surface area (TPSA) is 92.3 Å². The predicted molar refractivity (Wildman–Crippen MR) is 126 cm³/mol. The number of benzene rings is 2. The zero-order valence-corrected chi connectivity index (χ0v) is 19.7. The van der Waals surface area contributed by atoms with Gasteiger partial charge in [0.15, 0.2) is 9.84 Å². The first-order chi connectivity index (χ1) is 14.5. The molecule has 0 aromatic heterocycles. The fourth-order valence-electron chi connectivity index (χ4n) is 3.42. The van der Waals surface area contributed by atoms with Crippen molar-refractivity contribution >= 4 is 33.0 Å². The van der Waals surface area contributed by atoms with Crippen LogP contribution in [0.3, 0.4) is 0 Å². The second kappa shape index (κ2) is 10.6. The summed E-state index contributed by atoms with van der Waals surface area (Å²) in [7, 11) is -3.67. The summed E-state index contributed by atoms with van der Waals surface area (Å²) < 4.78 is 25.1. The van der Waals surface area contributed by atoms with Crippen molar-refractivity contribution < 1.29 is 18.0 Å². The highest BCUT2D eigenvalue weighted by Crippen LogP contribution is 2.22. The van der Waals surface area contributed by atoms with Crippen LogP contribution in [-0.4, -0.2) is 31.2 Å². The molecule has 1 unspecified atom stereocenters. The van der Waals surface area contributed by atoms with E-state index in [1.54, 1.807) is 12.1 Å². The number of aryl methyl sites for hydroxylation is 4. The molecule has 168 valence electrons. The standard InChI is InChI=1S/C24H32N2O4S/c1-6-20-9-11-21(12-10-20)25-24(28)19(5)31(29,30)13-7-8-22(27)26-23-17(3)14-16(2)15-18(23)4/h9-12,14-15,19H,6-8,13H2,1-5H3,(H,25,28)(H,26,27). The van der Waals surface area contributed by atoms with Crippen molar-refractivity contribution in [1.82, 2.24) is 0 Å². The molecule has 6 nitrogen and oxygen atoms in total. The SMILES string of the molecule is CCc1ccc(NC(=O)C(C)S(=O)(=O)CCCC(=O)Nc2c(C)cc(C)cc2C)cc1. The molecule has 0 aliphatic heterocycles. The van der Waals surface area contributed by atoms with Crippen LogP contribution in [0.25, 0.3) is 0 Å². The molecule has 0 aliphatic rings. The highest BCUT2D eigenvalue weighted by atomic mass is 32.2. The average molecular weight is 445 g/mol. The van der Waals surface area contributed by atoms with Crippen LogP contribution in [0, 0.1) is 20.8 Å². The Hall–Kier alpha value is -2.67. The number of amides is 2. The van der Waals surface area contributed by atoms with E-state index in [2.05, 4.69) is 10.6 Å². The predicted octanol–water partition coefficient (Wildman–Crippen LogP) is 4.33. The molecule has 0 aliphatic carbocycles. The molecule has 2 N–H and O–H groups in total. The Bertz CT molecular complexity index is 1020. The number of carbonyl (C=O) groups excluding carboxylic acids is 2. The first-order valence-corrected chi connectivity index (χ1v) is 12.2. The van der Waals surface area contributed by atoms with Crippen LogP contribution in [0.5, 0.6) is 0 Å². The Balaban J connectivity index is 1.88. The van der Waals surface area contributed by atoms with Gasteiger partial charge in [-0.25, -0.2) is 8.42 Å². The zero-order chi connectivity index (χ0) is 23.2. The second-order valence-corrected chi connectivity index (χ2v) is 10.4. The van der Waals surface area contributed by atoms with E-state index in [1.807, 2.05) is 52.0 Å².